The summed E-state index contributed by atoms with van der Waals surface area (Å²) in [6, 6.07) is 0. The van der Waals surface area contributed by atoms with Gasteiger partial charge in [-0.3, -0.25) is 0 Å². The van der Waals surface area contributed by atoms with Crippen molar-refractivity contribution in [2.24, 2.45) is 50.7 Å². The summed E-state index contributed by atoms with van der Waals surface area (Å²) in [4.78, 5) is 6.60. The van der Waals surface area contributed by atoms with Crippen LogP contribution in [-0.2, 0) is 16.6 Å². The van der Waals surface area contributed by atoms with Crippen molar-refractivity contribution < 1.29 is 4.74 Å². The predicted molar refractivity (Wildman–Crippen MR) is 148 cm³/mol. The Labute approximate surface area is 225 Å². The van der Waals surface area contributed by atoms with E-state index in [2.05, 4.69) is 64.4 Å². The normalized spacial score (nSPS) is 53.1. The second-order valence-corrected chi connectivity index (χ2v) is 18.3. The molecule has 0 aromatic carbocycles. The maximum atomic E-state index is 6.76. The SMILES string of the molecule is CC1(C)CC[C@]23CC[C@]4(C)[C@H](CC[C@@H]5[C@@]6(C)Cc7sc(Br)nc7C(C)(C)[C@@H]6CC[C@]54C)[C@H]2[C@H]1OC3. The van der Waals surface area contributed by atoms with Crippen LogP contribution >= 0.6 is 27.3 Å². The fourth-order valence-corrected chi connectivity index (χ4v) is 14.1. The van der Waals surface area contributed by atoms with Crippen LogP contribution in [0.3, 0.4) is 0 Å². The fourth-order valence-electron chi connectivity index (χ4n) is 12.2. The summed E-state index contributed by atoms with van der Waals surface area (Å²) in [5.41, 5.74) is 3.65. The lowest BCUT2D eigenvalue weighted by molar-refractivity contribution is -0.232. The highest BCUT2D eigenvalue weighted by molar-refractivity contribution is 9.11. The van der Waals surface area contributed by atoms with Gasteiger partial charge in [-0.25, -0.2) is 4.98 Å². The molecule has 1 aliphatic heterocycles. The van der Waals surface area contributed by atoms with Gasteiger partial charge in [0, 0.05) is 10.3 Å². The molecule has 1 aromatic heterocycles. The lowest BCUT2D eigenvalue weighted by Gasteiger charge is -2.72. The van der Waals surface area contributed by atoms with E-state index >= 15 is 0 Å². The molecule has 0 N–H and O–H groups in total. The van der Waals surface area contributed by atoms with Crippen molar-refractivity contribution >= 4 is 27.3 Å². The minimum Gasteiger partial charge on any atom is -0.377 e. The van der Waals surface area contributed by atoms with E-state index in [1.165, 1.54) is 63.5 Å². The summed E-state index contributed by atoms with van der Waals surface area (Å²) in [5.74, 6) is 3.18. The molecule has 194 valence electrons. The van der Waals surface area contributed by atoms with E-state index in [-0.39, 0.29) is 5.41 Å². The van der Waals surface area contributed by atoms with Crippen LogP contribution in [0.4, 0.5) is 0 Å². The quantitative estimate of drug-likeness (QED) is 0.316. The topological polar surface area (TPSA) is 22.1 Å². The molecule has 2 bridgehead atoms. The highest BCUT2D eigenvalue weighted by Crippen LogP contribution is 2.77. The predicted octanol–water partition coefficient (Wildman–Crippen LogP) is 8.81. The van der Waals surface area contributed by atoms with Gasteiger partial charge in [-0.05, 0) is 124 Å². The first-order chi connectivity index (χ1) is 16.3. The number of fused-ring (bicyclic) bond motifs is 6. The first-order valence-corrected chi connectivity index (χ1v) is 16.2. The van der Waals surface area contributed by atoms with Gasteiger partial charge in [-0.2, -0.15) is 0 Å². The molecule has 1 aromatic rings. The van der Waals surface area contributed by atoms with Gasteiger partial charge in [-0.1, -0.05) is 48.5 Å². The molecule has 0 radical (unpaired) electrons. The number of ether oxygens (including phenoxy) is 1. The first kappa shape index (κ1) is 24.1. The summed E-state index contributed by atoms with van der Waals surface area (Å²) in [5, 5.41) is 0. The van der Waals surface area contributed by atoms with Gasteiger partial charge in [0.2, 0.25) is 0 Å². The fraction of sp³-hybridized carbons (Fsp3) is 0.903. The van der Waals surface area contributed by atoms with E-state index in [0.717, 1.165) is 34.2 Å². The van der Waals surface area contributed by atoms with Crippen LogP contribution in [0.15, 0.2) is 3.92 Å². The third-order valence-electron chi connectivity index (χ3n) is 14.1. The lowest BCUT2D eigenvalue weighted by atomic mass is 9.32. The van der Waals surface area contributed by atoms with Crippen molar-refractivity contribution in [2.45, 2.75) is 118 Å². The Bertz CT molecular complexity index is 1080. The van der Waals surface area contributed by atoms with Crippen molar-refractivity contribution in [1.82, 2.24) is 4.98 Å². The minimum absolute atomic E-state index is 0.168. The monoisotopic (exact) mass is 559 g/mol. The number of thiazole rings is 1. The van der Waals surface area contributed by atoms with E-state index in [0.29, 0.717) is 33.2 Å². The molecule has 0 unspecified atom stereocenters. The van der Waals surface area contributed by atoms with Crippen LogP contribution in [0.2, 0.25) is 0 Å². The average molecular weight is 561 g/mol. The van der Waals surface area contributed by atoms with Gasteiger partial charge in [0.25, 0.3) is 0 Å². The summed E-state index contributed by atoms with van der Waals surface area (Å²) < 4.78 is 7.84. The second-order valence-electron chi connectivity index (χ2n) is 15.9. The maximum absolute atomic E-state index is 6.76. The molecule has 7 rings (SSSR count). The first-order valence-electron chi connectivity index (χ1n) is 14.6. The average Bonchev–Trinajstić information content (AvgIpc) is 3.30. The number of nitrogens with zero attached hydrogens (tertiary/aromatic N) is 1. The van der Waals surface area contributed by atoms with Crippen molar-refractivity contribution in [2.75, 3.05) is 6.61 Å². The number of halogens is 1. The second kappa shape index (κ2) is 6.98. The molecule has 5 fully saturated rings. The van der Waals surface area contributed by atoms with Gasteiger partial charge >= 0.3 is 0 Å². The lowest BCUT2D eigenvalue weighted by Crippen LogP contribution is -2.67. The van der Waals surface area contributed by atoms with Crippen molar-refractivity contribution in [3.05, 3.63) is 14.5 Å². The van der Waals surface area contributed by atoms with E-state index in [1.807, 2.05) is 11.3 Å². The van der Waals surface area contributed by atoms with E-state index in [1.54, 1.807) is 4.88 Å². The third-order valence-corrected chi connectivity index (χ3v) is 15.6. The molecule has 9 atom stereocenters. The van der Waals surface area contributed by atoms with Gasteiger partial charge in [0.15, 0.2) is 3.92 Å². The molecular weight excluding hydrogens is 514 g/mol. The maximum Gasteiger partial charge on any atom is 0.159 e. The molecule has 4 saturated carbocycles. The Kier molecular flexibility index (Phi) is 4.81. The van der Waals surface area contributed by atoms with Crippen molar-refractivity contribution in [1.29, 1.82) is 0 Å². The van der Waals surface area contributed by atoms with E-state index in [4.69, 9.17) is 9.72 Å². The van der Waals surface area contributed by atoms with Crippen LogP contribution in [0.25, 0.3) is 0 Å². The Morgan fingerprint density at radius 3 is 2.37 bits per heavy atom. The molecular formula is C31H46BrNOS. The van der Waals surface area contributed by atoms with Crippen molar-refractivity contribution in [3.63, 3.8) is 0 Å². The Morgan fingerprint density at radius 1 is 0.857 bits per heavy atom. The number of rotatable bonds is 0. The van der Waals surface area contributed by atoms with Crippen LogP contribution in [0.1, 0.15) is 110 Å². The summed E-state index contributed by atoms with van der Waals surface area (Å²) in [6.45, 7) is 19.3. The molecule has 2 heterocycles. The summed E-state index contributed by atoms with van der Waals surface area (Å²) in [6.07, 6.45) is 13.0. The van der Waals surface area contributed by atoms with Crippen LogP contribution in [0.5, 0.6) is 0 Å². The minimum atomic E-state index is 0.168. The molecule has 0 amide bonds. The highest BCUT2D eigenvalue weighted by Gasteiger charge is 2.72. The zero-order valence-electron chi connectivity index (χ0n) is 23.1. The molecule has 6 aliphatic rings. The van der Waals surface area contributed by atoms with E-state index < -0.39 is 0 Å². The number of aromatic nitrogens is 1. The standard InChI is InChI=1S/C31H46BrNOS/c1-26(2)12-14-31-15-13-29(6)18(22(31)24(26)34-17-31)8-9-21-28(5)16-19-23(33-25(32)35-19)27(3,4)20(28)10-11-30(21,29)7/h18,20-22,24H,8-17H2,1-7H3/t18-,20+,21-,22+,24-,28+,29-,30-,31-/m1/s1. The van der Waals surface area contributed by atoms with Gasteiger partial charge < -0.3 is 4.74 Å². The Hall–Kier alpha value is 0.0700. The van der Waals surface area contributed by atoms with Gasteiger partial charge in [0.1, 0.15) is 0 Å². The molecule has 35 heavy (non-hydrogen) atoms. The molecule has 4 heteroatoms. The van der Waals surface area contributed by atoms with Gasteiger partial charge in [0.05, 0.1) is 18.4 Å². The molecule has 0 spiro atoms. The highest BCUT2D eigenvalue weighted by atomic mass is 79.9. The molecule has 2 nitrogen and oxygen atoms in total. The van der Waals surface area contributed by atoms with E-state index in [9.17, 15) is 0 Å². The summed E-state index contributed by atoms with van der Waals surface area (Å²) in [7, 11) is 0. The third kappa shape index (κ3) is 2.74. The van der Waals surface area contributed by atoms with Crippen molar-refractivity contribution in [3.8, 4) is 0 Å². The number of hydrogen-bond donors (Lipinski definition) is 0. The van der Waals surface area contributed by atoms with Crippen LogP contribution in [-0.4, -0.2) is 17.7 Å². The summed E-state index contributed by atoms with van der Waals surface area (Å²) >= 11 is 5.67. The van der Waals surface area contributed by atoms with Crippen LogP contribution in [0, 0.1) is 50.7 Å². The van der Waals surface area contributed by atoms with Crippen LogP contribution < -0.4 is 0 Å². The van der Waals surface area contributed by atoms with Gasteiger partial charge in [-0.15, -0.1) is 11.3 Å². The number of hydrogen-bond acceptors (Lipinski definition) is 3. The zero-order chi connectivity index (χ0) is 24.8. The largest absolute Gasteiger partial charge is 0.377 e. The Morgan fingerprint density at radius 2 is 1.60 bits per heavy atom. The smallest absolute Gasteiger partial charge is 0.159 e. The molecule has 1 saturated heterocycles. The molecule has 5 aliphatic carbocycles. The zero-order valence-corrected chi connectivity index (χ0v) is 25.5. The Balaban J connectivity index is 1.30.